The lowest BCUT2D eigenvalue weighted by molar-refractivity contribution is 0.602. The molecule has 0 radical (unpaired) electrons. The summed E-state index contributed by atoms with van der Waals surface area (Å²) in [5.74, 6) is 1.44. The van der Waals surface area contributed by atoms with Gasteiger partial charge in [0.15, 0.2) is 5.65 Å². The van der Waals surface area contributed by atoms with Gasteiger partial charge in [-0.2, -0.15) is 0 Å². The van der Waals surface area contributed by atoms with Gasteiger partial charge in [0.2, 0.25) is 0 Å². The Labute approximate surface area is 80.8 Å². The van der Waals surface area contributed by atoms with E-state index in [2.05, 4.69) is 19.9 Å². The van der Waals surface area contributed by atoms with E-state index in [1.807, 2.05) is 0 Å². The normalized spacial score (nSPS) is 18.6. The van der Waals surface area contributed by atoms with Crippen LogP contribution in [0.5, 0.6) is 0 Å². The van der Waals surface area contributed by atoms with E-state index in [9.17, 15) is 0 Å². The van der Waals surface area contributed by atoms with Crippen LogP contribution in [-0.4, -0.2) is 19.9 Å². The van der Waals surface area contributed by atoms with Gasteiger partial charge in [-0.1, -0.05) is 0 Å². The molecule has 0 spiro atoms. The first-order chi connectivity index (χ1) is 6.84. The Morgan fingerprint density at radius 3 is 3.07 bits per heavy atom. The van der Waals surface area contributed by atoms with E-state index < -0.39 is 0 Å². The first-order valence-electron chi connectivity index (χ1n) is 4.76. The SMILES string of the molecule is NC(c1nc2ncncc2[nH]1)C1CC1. The number of H-pyrrole nitrogens is 1. The summed E-state index contributed by atoms with van der Waals surface area (Å²) >= 11 is 0. The summed E-state index contributed by atoms with van der Waals surface area (Å²) in [4.78, 5) is 15.5. The Kier molecular flexibility index (Phi) is 1.55. The Morgan fingerprint density at radius 2 is 2.36 bits per heavy atom. The van der Waals surface area contributed by atoms with Crippen LogP contribution < -0.4 is 5.73 Å². The molecule has 1 atom stereocenters. The van der Waals surface area contributed by atoms with Gasteiger partial charge in [-0.3, -0.25) is 0 Å². The molecule has 0 aliphatic heterocycles. The Morgan fingerprint density at radius 1 is 1.50 bits per heavy atom. The largest absolute Gasteiger partial charge is 0.338 e. The second-order valence-electron chi connectivity index (χ2n) is 3.75. The summed E-state index contributed by atoms with van der Waals surface area (Å²) < 4.78 is 0. The molecule has 0 amide bonds. The summed E-state index contributed by atoms with van der Waals surface area (Å²) in [6, 6.07) is 0.0317. The number of fused-ring (bicyclic) bond motifs is 1. The molecule has 5 nitrogen and oxygen atoms in total. The van der Waals surface area contributed by atoms with Crippen molar-refractivity contribution >= 4 is 11.2 Å². The summed E-state index contributed by atoms with van der Waals surface area (Å²) in [5, 5.41) is 0. The van der Waals surface area contributed by atoms with E-state index in [4.69, 9.17) is 5.73 Å². The number of nitrogens with two attached hydrogens (primary N) is 1. The first-order valence-corrected chi connectivity index (χ1v) is 4.76. The van der Waals surface area contributed by atoms with Crippen molar-refractivity contribution in [3.63, 3.8) is 0 Å². The molecule has 3 rings (SSSR count). The maximum absolute atomic E-state index is 6.02. The minimum atomic E-state index is 0.0317. The average Bonchev–Trinajstić information content (AvgIpc) is 2.95. The molecule has 72 valence electrons. The zero-order valence-electron chi connectivity index (χ0n) is 7.64. The highest BCUT2D eigenvalue weighted by Gasteiger charge is 2.31. The van der Waals surface area contributed by atoms with Gasteiger partial charge >= 0.3 is 0 Å². The first kappa shape index (κ1) is 7.87. The third kappa shape index (κ3) is 1.17. The van der Waals surface area contributed by atoms with E-state index in [0.29, 0.717) is 11.6 Å². The molecule has 5 heteroatoms. The molecule has 0 saturated heterocycles. The molecular weight excluding hydrogens is 178 g/mol. The molecule has 14 heavy (non-hydrogen) atoms. The average molecular weight is 189 g/mol. The topological polar surface area (TPSA) is 80.5 Å². The molecule has 0 aromatic carbocycles. The molecule has 3 N–H and O–H groups in total. The van der Waals surface area contributed by atoms with Gasteiger partial charge in [0.05, 0.1) is 12.2 Å². The van der Waals surface area contributed by atoms with Gasteiger partial charge in [0, 0.05) is 0 Å². The number of nitrogens with one attached hydrogen (secondary N) is 1. The molecule has 0 bridgehead atoms. The van der Waals surface area contributed by atoms with Crippen molar-refractivity contribution in [2.75, 3.05) is 0 Å². The van der Waals surface area contributed by atoms with Crippen LogP contribution in [0.2, 0.25) is 0 Å². The minimum Gasteiger partial charge on any atom is -0.338 e. The van der Waals surface area contributed by atoms with Gasteiger partial charge < -0.3 is 10.7 Å². The second-order valence-corrected chi connectivity index (χ2v) is 3.75. The Bertz CT molecular complexity index is 426. The summed E-state index contributed by atoms with van der Waals surface area (Å²) in [6.07, 6.45) is 5.64. The molecule has 1 aliphatic rings. The predicted molar refractivity (Wildman–Crippen MR) is 51.3 cm³/mol. The van der Waals surface area contributed by atoms with Gasteiger partial charge in [-0.15, -0.1) is 0 Å². The van der Waals surface area contributed by atoms with E-state index in [1.54, 1.807) is 6.20 Å². The third-order valence-electron chi connectivity index (χ3n) is 2.63. The smallest absolute Gasteiger partial charge is 0.180 e. The monoisotopic (exact) mass is 189 g/mol. The van der Waals surface area contributed by atoms with Gasteiger partial charge in [0.1, 0.15) is 17.7 Å². The maximum Gasteiger partial charge on any atom is 0.180 e. The summed E-state index contributed by atoms with van der Waals surface area (Å²) in [5.41, 5.74) is 7.58. The molecule has 1 fully saturated rings. The van der Waals surface area contributed by atoms with Crippen molar-refractivity contribution in [2.24, 2.45) is 11.7 Å². The lowest BCUT2D eigenvalue weighted by Gasteiger charge is -2.04. The lowest BCUT2D eigenvalue weighted by Crippen LogP contribution is -2.13. The van der Waals surface area contributed by atoms with Crippen LogP contribution in [0.4, 0.5) is 0 Å². The van der Waals surface area contributed by atoms with Crippen molar-refractivity contribution < 1.29 is 0 Å². The number of rotatable bonds is 2. The highest BCUT2D eigenvalue weighted by Crippen LogP contribution is 2.38. The van der Waals surface area contributed by atoms with E-state index >= 15 is 0 Å². The number of hydrogen-bond acceptors (Lipinski definition) is 4. The van der Waals surface area contributed by atoms with Crippen molar-refractivity contribution in [3.8, 4) is 0 Å². The van der Waals surface area contributed by atoms with Crippen LogP contribution in [-0.2, 0) is 0 Å². The van der Waals surface area contributed by atoms with Gasteiger partial charge in [0.25, 0.3) is 0 Å². The molecular formula is C9H11N5. The molecule has 1 aliphatic carbocycles. The van der Waals surface area contributed by atoms with Crippen molar-refractivity contribution in [3.05, 3.63) is 18.3 Å². The van der Waals surface area contributed by atoms with Crippen LogP contribution in [0.1, 0.15) is 24.7 Å². The summed E-state index contributed by atoms with van der Waals surface area (Å²) in [7, 11) is 0. The Hall–Kier alpha value is -1.49. The number of imidazole rings is 1. The van der Waals surface area contributed by atoms with Crippen molar-refractivity contribution in [1.29, 1.82) is 0 Å². The summed E-state index contributed by atoms with van der Waals surface area (Å²) in [6.45, 7) is 0. The zero-order chi connectivity index (χ0) is 9.54. The molecule has 2 aromatic rings. The van der Waals surface area contributed by atoms with Crippen molar-refractivity contribution in [1.82, 2.24) is 19.9 Å². The van der Waals surface area contributed by atoms with Crippen LogP contribution in [0.3, 0.4) is 0 Å². The molecule has 2 aromatic heterocycles. The number of aromatic amines is 1. The van der Waals surface area contributed by atoms with Crippen molar-refractivity contribution in [2.45, 2.75) is 18.9 Å². The van der Waals surface area contributed by atoms with Gasteiger partial charge in [-0.05, 0) is 18.8 Å². The second kappa shape index (κ2) is 2.75. The standard InChI is InChI=1S/C9H11N5/c10-7(5-1-2-5)9-13-6-3-11-4-12-8(6)14-9/h3-5,7H,1-2,10H2,(H,11,12,13,14). The Balaban J connectivity index is 2.04. The fourth-order valence-corrected chi connectivity index (χ4v) is 1.62. The predicted octanol–water partition coefficient (Wildman–Crippen LogP) is 0.763. The van der Waals surface area contributed by atoms with Crippen LogP contribution in [0.15, 0.2) is 12.5 Å². The molecule has 2 heterocycles. The van der Waals surface area contributed by atoms with Crippen LogP contribution >= 0.6 is 0 Å². The third-order valence-corrected chi connectivity index (χ3v) is 2.63. The highest BCUT2D eigenvalue weighted by molar-refractivity contribution is 5.68. The fourth-order valence-electron chi connectivity index (χ4n) is 1.62. The van der Waals surface area contributed by atoms with E-state index in [0.717, 1.165) is 11.3 Å². The zero-order valence-corrected chi connectivity index (χ0v) is 7.64. The molecule has 1 saturated carbocycles. The fraction of sp³-hybridized carbons (Fsp3) is 0.444. The van der Waals surface area contributed by atoms with Gasteiger partial charge in [-0.25, -0.2) is 15.0 Å². The van der Waals surface area contributed by atoms with Crippen LogP contribution in [0.25, 0.3) is 11.2 Å². The number of nitrogens with zero attached hydrogens (tertiary/aromatic N) is 3. The minimum absolute atomic E-state index is 0.0317. The maximum atomic E-state index is 6.02. The van der Waals surface area contributed by atoms with Crippen LogP contribution in [0, 0.1) is 5.92 Å². The highest BCUT2D eigenvalue weighted by atomic mass is 15.0. The van der Waals surface area contributed by atoms with E-state index in [-0.39, 0.29) is 6.04 Å². The quantitative estimate of drug-likeness (QED) is 0.731. The lowest BCUT2D eigenvalue weighted by atomic mass is 10.2. The number of hydrogen-bond donors (Lipinski definition) is 2. The number of aromatic nitrogens is 4. The molecule has 1 unspecified atom stereocenters. The van der Waals surface area contributed by atoms with E-state index in [1.165, 1.54) is 19.2 Å².